The third-order valence-electron chi connectivity index (χ3n) is 3.40. The van der Waals surface area contributed by atoms with Crippen LogP contribution >= 0.6 is 11.6 Å². The van der Waals surface area contributed by atoms with Gasteiger partial charge in [0.25, 0.3) is 5.56 Å². The fraction of sp³-hybridized carbons (Fsp3) is 0.0588. The zero-order chi connectivity index (χ0) is 15.5. The normalized spacial score (nSPS) is 10.4. The van der Waals surface area contributed by atoms with Gasteiger partial charge in [0.2, 0.25) is 0 Å². The second-order valence-corrected chi connectivity index (χ2v) is 5.28. The number of halogens is 1. The predicted octanol–water partition coefficient (Wildman–Crippen LogP) is 3.67. The molecule has 108 valence electrons. The van der Waals surface area contributed by atoms with Gasteiger partial charge in [0.15, 0.2) is 0 Å². The van der Waals surface area contributed by atoms with Crippen LogP contribution in [0.15, 0.2) is 53.3 Å². The van der Waals surface area contributed by atoms with Crippen molar-refractivity contribution in [2.75, 3.05) is 5.32 Å². The molecule has 0 fully saturated rings. The van der Waals surface area contributed by atoms with Gasteiger partial charge in [-0.2, -0.15) is 5.26 Å². The largest absolute Gasteiger partial charge is 0.381 e. The number of nitriles is 1. The second kappa shape index (κ2) is 5.92. The van der Waals surface area contributed by atoms with Gasteiger partial charge >= 0.3 is 0 Å². The number of nitrogens with zero attached hydrogens (tertiary/aromatic N) is 1. The third-order valence-corrected chi connectivity index (χ3v) is 3.72. The van der Waals surface area contributed by atoms with Crippen molar-refractivity contribution in [2.45, 2.75) is 6.54 Å². The molecule has 1 aromatic heterocycles. The van der Waals surface area contributed by atoms with Crippen LogP contribution in [0.4, 0.5) is 5.69 Å². The molecule has 1 heterocycles. The summed E-state index contributed by atoms with van der Waals surface area (Å²) in [7, 11) is 0. The topological polar surface area (TPSA) is 68.7 Å². The highest BCUT2D eigenvalue weighted by Gasteiger charge is 2.05. The van der Waals surface area contributed by atoms with Gasteiger partial charge in [0, 0.05) is 23.2 Å². The molecule has 2 N–H and O–H groups in total. The van der Waals surface area contributed by atoms with E-state index < -0.39 is 0 Å². The van der Waals surface area contributed by atoms with E-state index in [0.717, 1.165) is 11.1 Å². The Hall–Kier alpha value is -2.77. The van der Waals surface area contributed by atoms with E-state index in [1.54, 1.807) is 18.2 Å². The molecule has 3 rings (SSSR count). The zero-order valence-corrected chi connectivity index (χ0v) is 12.3. The molecule has 0 spiro atoms. The van der Waals surface area contributed by atoms with Crippen molar-refractivity contribution < 1.29 is 0 Å². The summed E-state index contributed by atoms with van der Waals surface area (Å²) in [5.74, 6) is 0. The summed E-state index contributed by atoms with van der Waals surface area (Å²) in [6.07, 6.45) is 0. The molecule has 0 saturated heterocycles. The summed E-state index contributed by atoms with van der Waals surface area (Å²) in [5, 5.41) is 13.4. The molecule has 0 atom stereocenters. The first-order valence-electron chi connectivity index (χ1n) is 6.72. The Labute approximate surface area is 132 Å². The van der Waals surface area contributed by atoms with Crippen LogP contribution in [0.25, 0.3) is 10.9 Å². The standard InChI is InChI=1S/C17H12ClN3O/c18-15-3-1-2-12-8-13(17(22)21-16(12)15)10-20-14-6-4-11(9-19)5-7-14/h1-8,20H,10H2,(H,21,22). The molecule has 0 amide bonds. The average molecular weight is 310 g/mol. The first kappa shape index (κ1) is 14.2. The van der Waals surface area contributed by atoms with Crippen molar-refractivity contribution in [2.24, 2.45) is 0 Å². The maximum atomic E-state index is 12.1. The highest BCUT2D eigenvalue weighted by Crippen LogP contribution is 2.20. The first-order chi connectivity index (χ1) is 10.7. The molecule has 2 aromatic carbocycles. The van der Waals surface area contributed by atoms with E-state index in [9.17, 15) is 4.79 Å². The van der Waals surface area contributed by atoms with Crippen molar-refractivity contribution in [3.8, 4) is 6.07 Å². The predicted molar refractivity (Wildman–Crippen MR) is 88.1 cm³/mol. The summed E-state index contributed by atoms with van der Waals surface area (Å²) in [5.41, 5.74) is 2.56. The molecule has 5 heteroatoms. The van der Waals surface area contributed by atoms with Gasteiger partial charge in [0.05, 0.1) is 22.2 Å². The summed E-state index contributed by atoms with van der Waals surface area (Å²) >= 11 is 6.07. The molecule has 4 nitrogen and oxygen atoms in total. The number of pyridine rings is 1. The molecule has 0 aliphatic heterocycles. The van der Waals surface area contributed by atoms with Crippen LogP contribution in [0.2, 0.25) is 5.02 Å². The smallest absolute Gasteiger partial charge is 0.253 e. The van der Waals surface area contributed by atoms with E-state index in [1.165, 1.54) is 0 Å². The minimum atomic E-state index is -0.165. The lowest BCUT2D eigenvalue weighted by Crippen LogP contribution is -2.15. The van der Waals surface area contributed by atoms with Gasteiger partial charge in [-0.3, -0.25) is 4.79 Å². The van der Waals surface area contributed by atoms with Crippen LogP contribution in [0.5, 0.6) is 0 Å². The monoisotopic (exact) mass is 309 g/mol. The van der Waals surface area contributed by atoms with Gasteiger partial charge in [-0.1, -0.05) is 23.7 Å². The number of hydrogen-bond donors (Lipinski definition) is 2. The zero-order valence-electron chi connectivity index (χ0n) is 11.6. The highest BCUT2D eigenvalue weighted by molar-refractivity contribution is 6.35. The van der Waals surface area contributed by atoms with Crippen LogP contribution in [0, 0.1) is 11.3 Å². The second-order valence-electron chi connectivity index (χ2n) is 4.87. The number of fused-ring (bicyclic) bond motifs is 1. The van der Waals surface area contributed by atoms with Gasteiger partial charge in [-0.25, -0.2) is 0 Å². The van der Waals surface area contributed by atoms with Gasteiger partial charge < -0.3 is 10.3 Å². The van der Waals surface area contributed by atoms with E-state index in [0.29, 0.717) is 28.2 Å². The van der Waals surface area contributed by atoms with Gasteiger partial charge in [-0.05, 0) is 36.4 Å². The lowest BCUT2D eigenvalue weighted by Gasteiger charge is -2.07. The molecule has 0 aliphatic rings. The van der Waals surface area contributed by atoms with E-state index in [-0.39, 0.29) is 5.56 Å². The van der Waals surface area contributed by atoms with Crippen LogP contribution in [0.1, 0.15) is 11.1 Å². The van der Waals surface area contributed by atoms with Crippen LogP contribution in [0.3, 0.4) is 0 Å². The summed E-state index contributed by atoms with van der Waals surface area (Å²) in [6.45, 7) is 0.393. The molecular formula is C17H12ClN3O. The number of H-pyrrole nitrogens is 1. The number of anilines is 1. The number of hydrogen-bond acceptors (Lipinski definition) is 3. The Morgan fingerprint density at radius 1 is 1.18 bits per heavy atom. The fourth-order valence-corrected chi connectivity index (χ4v) is 2.46. The maximum Gasteiger partial charge on any atom is 0.253 e. The van der Waals surface area contributed by atoms with E-state index in [2.05, 4.69) is 16.4 Å². The molecule has 0 bridgehead atoms. The lowest BCUT2D eigenvalue weighted by atomic mass is 10.1. The first-order valence-corrected chi connectivity index (χ1v) is 7.09. The number of aromatic amines is 1. The van der Waals surface area contributed by atoms with Crippen molar-refractivity contribution in [1.29, 1.82) is 5.26 Å². The fourth-order valence-electron chi connectivity index (χ4n) is 2.23. The number of benzene rings is 2. The number of para-hydroxylation sites is 1. The molecule has 0 saturated carbocycles. The Bertz CT molecular complexity index is 923. The number of aromatic nitrogens is 1. The molecule has 0 radical (unpaired) electrons. The highest BCUT2D eigenvalue weighted by atomic mass is 35.5. The Kier molecular flexibility index (Phi) is 3.82. The minimum Gasteiger partial charge on any atom is -0.381 e. The van der Waals surface area contributed by atoms with E-state index in [4.69, 9.17) is 16.9 Å². The Morgan fingerprint density at radius 2 is 1.95 bits per heavy atom. The number of nitrogens with one attached hydrogen (secondary N) is 2. The molecule has 0 unspecified atom stereocenters. The van der Waals surface area contributed by atoms with Crippen LogP contribution in [-0.4, -0.2) is 4.98 Å². The van der Waals surface area contributed by atoms with Gasteiger partial charge in [0.1, 0.15) is 0 Å². The van der Waals surface area contributed by atoms with E-state index in [1.807, 2.05) is 30.3 Å². The van der Waals surface area contributed by atoms with Crippen molar-refractivity contribution in [1.82, 2.24) is 4.98 Å². The molecular weight excluding hydrogens is 298 g/mol. The van der Waals surface area contributed by atoms with Crippen LogP contribution < -0.4 is 10.9 Å². The molecule has 3 aromatic rings. The van der Waals surface area contributed by atoms with Crippen molar-refractivity contribution >= 4 is 28.2 Å². The molecule has 22 heavy (non-hydrogen) atoms. The summed E-state index contributed by atoms with van der Waals surface area (Å²) in [6, 6.07) is 16.5. The Morgan fingerprint density at radius 3 is 2.68 bits per heavy atom. The SMILES string of the molecule is N#Cc1ccc(NCc2cc3cccc(Cl)c3[nH]c2=O)cc1. The Balaban J connectivity index is 1.86. The average Bonchev–Trinajstić information content (AvgIpc) is 2.54. The number of rotatable bonds is 3. The van der Waals surface area contributed by atoms with Gasteiger partial charge in [-0.15, -0.1) is 0 Å². The summed E-state index contributed by atoms with van der Waals surface area (Å²) in [4.78, 5) is 14.9. The van der Waals surface area contributed by atoms with E-state index >= 15 is 0 Å². The summed E-state index contributed by atoms with van der Waals surface area (Å²) < 4.78 is 0. The quantitative estimate of drug-likeness (QED) is 0.775. The van der Waals surface area contributed by atoms with Crippen molar-refractivity contribution in [3.05, 3.63) is 75.0 Å². The molecule has 0 aliphatic carbocycles. The van der Waals surface area contributed by atoms with Crippen LogP contribution in [-0.2, 0) is 6.54 Å². The van der Waals surface area contributed by atoms with Crippen molar-refractivity contribution in [3.63, 3.8) is 0 Å². The third kappa shape index (κ3) is 2.80. The maximum absolute atomic E-state index is 12.1. The minimum absolute atomic E-state index is 0.165. The lowest BCUT2D eigenvalue weighted by molar-refractivity contribution is 1.09.